The predicted molar refractivity (Wildman–Crippen MR) is 108 cm³/mol. The lowest BCUT2D eigenvalue weighted by molar-refractivity contribution is 0.243. The number of halogens is 1. The molecule has 0 radical (unpaired) electrons. The van der Waals surface area contributed by atoms with Crippen LogP contribution in [0.2, 0.25) is 5.02 Å². The van der Waals surface area contributed by atoms with Crippen molar-refractivity contribution in [3.05, 3.63) is 77.4 Å². The molecule has 0 aliphatic rings. The van der Waals surface area contributed by atoms with Crippen LogP contribution in [0.3, 0.4) is 0 Å². The van der Waals surface area contributed by atoms with Gasteiger partial charge in [0.25, 0.3) is 0 Å². The zero-order chi connectivity index (χ0) is 19.2. The molecule has 2 N–H and O–H groups in total. The van der Waals surface area contributed by atoms with Crippen molar-refractivity contribution >= 4 is 23.4 Å². The molecule has 0 aliphatic carbocycles. The molecule has 0 saturated heterocycles. The van der Waals surface area contributed by atoms with Gasteiger partial charge in [-0.25, -0.2) is 9.48 Å². The molecule has 0 fully saturated rings. The van der Waals surface area contributed by atoms with Gasteiger partial charge in [0, 0.05) is 23.8 Å². The zero-order valence-electron chi connectivity index (χ0n) is 15.3. The lowest BCUT2D eigenvalue weighted by Crippen LogP contribution is -2.37. The molecule has 3 rings (SSSR count). The molecule has 140 valence electrons. The monoisotopic (exact) mass is 383 g/mol. The smallest absolute Gasteiger partial charge is 0.320 e. The molecule has 1 unspecified atom stereocenters. The van der Waals surface area contributed by atoms with Crippen LogP contribution in [0.25, 0.3) is 5.69 Å². The van der Waals surface area contributed by atoms with Crippen LogP contribution < -0.4 is 10.6 Å². The summed E-state index contributed by atoms with van der Waals surface area (Å²) in [4.78, 5) is 14.3. The van der Waals surface area contributed by atoms with E-state index in [1.165, 1.54) is 0 Å². The van der Waals surface area contributed by atoms with E-state index in [0.717, 1.165) is 11.3 Å². The van der Waals surface area contributed by atoms with E-state index in [1.54, 1.807) is 16.9 Å². The number of urea groups is 1. The van der Waals surface area contributed by atoms with Crippen molar-refractivity contribution in [3.63, 3.8) is 0 Å². The number of carbonyl (C=O) groups excluding carboxylic acids is 1. The Kier molecular flexibility index (Phi) is 6.11. The number of rotatable bonds is 6. The first kappa shape index (κ1) is 18.9. The molecule has 7 heteroatoms. The Bertz CT molecular complexity index is 894. The molecule has 2 amide bonds. The number of likely N-dealkylation sites (N-methyl/N-ethyl adjacent to an activating group) is 1. The number of aromatic nitrogens is 2. The third-order valence-corrected chi connectivity index (χ3v) is 4.54. The van der Waals surface area contributed by atoms with Crippen LogP contribution in [-0.2, 0) is 0 Å². The Morgan fingerprint density at radius 2 is 1.81 bits per heavy atom. The summed E-state index contributed by atoms with van der Waals surface area (Å²) in [6.45, 7) is 0.419. The van der Waals surface area contributed by atoms with Crippen molar-refractivity contribution in [2.75, 3.05) is 26.0 Å². The molecule has 0 aliphatic heterocycles. The topological polar surface area (TPSA) is 62.2 Å². The van der Waals surface area contributed by atoms with Gasteiger partial charge in [0.2, 0.25) is 0 Å². The molecule has 1 heterocycles. The Morgan fingerprint density at radius 3 is 2.52 bits per heavy atom. The van der Waals surface area contributed by atoms with Crippen molar-refractivity contribution in [2.24, 2.45) is 0 Å². The van der Waals surface area contributed by atoms with Crippen LogP contribution in [0, 0.1) is 0 Å². The van der Waals surface area contributed by atoms with Gasteiger partial charge in [-0.1, -0.05) is 48.0 Å². The third kappa shape index (κ3) is 4.87. The fraction of sp³-hybridized carbons (Fsp3) is 0.200. The lowest BCUT2D eigenvalue weighted by Gasteiger charge is -2.25. The van der Waals surface area contributed by atoms with E-state index in [0.29, 0.717) is 17.4 Å². The zero-order valence-corrected chi connectivity index (χ0v) is 16.0. The van der Waals surface area contributed by atoms with Crippen molar-refractivity contribution in [3.8, 4) is 5.69 Å². The largest absolute Gasteiger partial charge is 0.336 e. The highest BCUT2D eigenvalue weighted by atomic mass is 35.5. The van der Waals surface area contributed by atoms with Gasteiger partial charge >= 0.3 is 6.03 Å². The number of nitrogens with one attached hydrogen (secondary N) is 2. The summed E-state index contributed by atoms with van der Waals surface area (Å²) >= 11 is 6.30. The highest BCUT2D eigenvalue weighted by molar-refractivity contribution is 6.31. The number of amides is 2. The minimum Gasteiger partial charge on any atom is -0.336 e. The van der Waals surface area contributed by atoms with Crippen LogP contribution in [0.5, 0.6) is 0 Å². The molecule has 27 heavy (non-hydrogen) atoms. The van der Waals surface area contributed by atoms with Gasteiger partial charge < -0.3 is 10.2 Å². The molecule has 2 aromatic carbocycles. The summed E-state index contributed by atoms with van der Waals surface area (Å²) < 4.78 is 1.71. The first-order valence-corrected chi connectivity index (χ1v) is 8.99. The second kappa shape index (κ2) is 8.70. The number of hydrogen-bond donors (Lipinski definition) is 2. The van der Waals surface area contributed by atoms with E-state index >= 15 is 0 Å². The van der Waals surface area contributed by atoms with Crippen LogP contribution in [-0.4, -0.2) is 41.4 Å². The molecular formula is C20H22ClN5O. The number of para-hydroxylation sites is 1. The maximum atomic E-state index is 12.3. The van der Waals surface area contributed by atoms with E-state index in [4.69, 9.17) is 11.6 Å². The van der Waals surface area contributed by atoms with Gasteiger partial charge in [0.1, 0.15) is 0 Å². The quantitative estimate of drug-likeness (QED) is 0.677. The maximum absolute atomic E-state index is 12.3. The molecule has 3 aromatic rings. The highest BCUT2D eigenvalue weighted by Crippen LogP contribution is 2.25. The molecule has 0 spiro atoms. The number of carbonyl (C=O) groups is 1. The van der Waals surface area contributed by atoms with Crippen LogP contribution in [0.1, 0.15) is 11.6 Å². The number of benzene rings is 2. The normalized spacial score (nSPS) is 12.0. The van der Waals surface area contributed by atoms with Crippen LogP contribution >= 0.6 is 11.6 Å². The standard InChI is InChI=1S/C20H22ClN5O/c1-25(2)18(16-10-6-7-11-17(16)21)14-22-20(27)23-19-12-13-26(24-19)15-8-4-3-5-9-15/h3-13,18H,14H2,1-2H3,(H2,22,23,24,27). The summed E-state index contributed by atoms with van der Waals surface area (Å²) in [5.74, 6) is 0.482. The van der Waals surface area contributed by atoms with E-state index in [2.05, 4.69) is 15.7 Å². The fourth-order valence-electron chi connectivity index (χ4n) is 2.78. The predicted octanol–water partition coefficient (Wildman–Crippen LogP) is 3.95. The minimum atomic E-state index is -0.313. The van der Waals surface area contributed by atoms with Crippen molar-refractivity contribution in [1.82, 2.24) is 20.0 Å². The van der Waals surface area contributed by atoms with Crippen LogP contribution in [0.4, 0.5) is 10.6 Å². The van der Waals surface area contributed by atoms with Crippen molar-refractivity contribution in [1.29, 1.82) is 0 Å². The van der Waals surface area contributed by atoms with E-state index < -0.39 is 0 Å². The summed E-state index contributed by atoms with van der Waals surface area (Å²) in [5, 5.41) is 10.7. The van der Waals surface area contributed by atoms with Crippen LogP contribution in [0.15, 0.2) is 66.9 Å². The minimum absolute atomic E-state index is 0.0358. The number of hydrogen-bond acceptors (Lipinski definition) is 3. The molecular weight excluding hydrogens is 362 g/mol. The summed E-state index contributed by atoms with van der Waals surface area (Å²) in [6, 6.07) is 18.8. The van der Waals surface area contributed by atoms with Gasteiger partial charge in [-0.05, 0) is 37.9 Å². The second-order valence-corrected chi connectivity index (χ2v) is 6.72. The summed E-state index contributed by atoms with van der Waals surface area (Å²) in [7, 11) is 3.91. The number of anilines is 1. The average molecular weight is 384 g/mol. The van der Waals surface area contributed by atoms with E-state index in [1.807, 2.05) is 73.6 Å². The van der Waals surface area contributed by atoms with Gasteiger partial charge in [0.15, 0.2) is 5.82 Å². The molecule has 6 nitrogen and oxygen atoms in total. The Labute approximate surface area is 163 Å². The van der Waals surface area contributed by atoms with Gasteiger partial charge in [-0.3, -0.25) is 5.32 Å². The summed E-state index contributed by atoms with van der Waals surface area (Å²) in [5.41, 5.74) is 1.90. The molecule has 1 aromatic heterocycles. The molecule has 1 atom stereocenters. The fourth-order valence-corrected chi connectivity index (χ4v) is 3.04. The highest BCUT2D eigenvalue weighted by Gasteiger charge is 2.18. The Balaban J connectivity index is 1.61. The Morgan fingerprint density at radius 1 is 1.11 bits per heavy atom. The summed E-state index contributed by atoms with van der Waals surface area (Å²) in [6.07, 6.45) is 1.80. The average Bonchev–Trinajstić information content (AvgIpc) is 3.12. The first-order chi connectivity index (χ1) is 13.0. The first-order valence-electron chi connectivity index (χ1n) is 8.61. The van der Waals surface area contributed by atoms with Gasteiger partial charge in [-0.15, -0.1) is 5.10 Å². The van der Waals surface area contributed by atoms with E-state index in [-0.39, 0.29) is 12.1 Å². The third-order valence-electron chi connectivity index (χ3n) is 4.19. The van der Waals surface area contributed by atoms with Crippen molar-refractivity contribution < 1.29 is 4.79 Å². The molecule has 0 bridgehead atoms. The van der Waals surface area contributed by atoms with E-state index in [9.17, 15) is 4.79 Å². The SMILES string of the molecule is CN(C)C(CNC(=O)Nc1ccn(-c2ccccc2)n1)c1ccccc1Cl. The maximum Gasteiger partial charge on any atom is 0.320 e. The van der Waals surface area contributed by atoms with Gasteiger partial charge in [-0.2, -0.15) is 0 Å². The number of nitrogens with zero attached hydrogens (tertiary/aromatic N) is 3. The van der Waals surface area contributed by atoms with Crippen molar-refractivity contribution in [2.45, 2.75) is 6.04 Å². The molecule has 0 saturated carbocycles. The second-order valence-electron chi connectivity index (χ2n) is 6.32. The lowest BCUT2D eigenvalue weighted by atomic mass is 10.1. The Hall–Kier alpha value is -2.83. The van der Waals surface area contributed by atoms with Gasteiger partial charge in [0.05, 0.1) is 11.7 Å².